The van der Waals surface area contributed by atoms with E-state index in [0.717, 1.165) is 0 Å². The number of nitro benzene ring substituents is 1. The van der Waals surface area contributed by atoms with Crippen molar-refractivity contribution in [1.82, 2.24) is 0 Å². The minimum Gasteiger partial charge on any atom is -0.508 e. The predicted molar refractivity (Wildman–Crippen MR) is 55.7 cm³/mol. The fourth-order valence-electron chi connectivity index (χ4n) is 0.899. The van der Waals surface area contributed by atoms with Gasteiger partial charge in [0, 0.05) is 23.9 Å². The van der Waals surface area contributed by atoms with Crippen LogP contribution in [0.1, 0.15) is 5.56 Å². The number of nitrogens with zero attached hydrogens (tertiary/aromatic N) is 1. The van der Waals surface area contributed by atoms with Crippen LogP contribution in [-0.2, 0) is 6.16 Å². The molecule has 1 N–H and O–H groups in total. The highest BCUT2D eigenvalue weighted by Gasteiger charge is 2.09. The highest BCUT2D eigenvalue weighted by Crippen LogP contribution is 2.32. The van der Waals surface area contributed by atoms with Crippen molar-refractivity contribution in [3.8, 4) is 5.75 Å². The molecular weight excluding hydrogens is 257 g/mol. The number of hydrogen-bond donors (Lipinski definition) is 1. The van der Waals surface area contributed by atoms with Gasteiger partial charge in [0.05, 0.1) is 4.92 Å². The second kappa shape index (κ2) is 4.53. The highest BCUT2D eigenvalue weighted by molar-refractivity contribution is 9.36. The zero-order chi connectivity index (χ0) is 9.84. The Balaban J connectivity index is 3.03. The number of phenolic OH excluding ortho intramolecular Hbond substituents is 1. The molecule has 0 aromatic heterocycles. The topological polar surface area (TPSA) is 63.4 Å². The van der Waals surface area contributed by atoms with Gasteiger partial charge in [0.15, 0.2) is 0 Å². The molecule has 1 atom stereocenters. The molecule has 1 rings (SSSR count). The molecule has 0 fully saturated rings. The van der Waals surface area contributed by atoms with Crippen molar-refractivity contribution in [3.05, 3.63) is 33.9 Å². The third-order valence-corrected chi connectivity index (χ3v) is 2.89. The van der Waals surface area contributed by atoms with Gasteiger partial charge in [0.2, 0.25) is 0 Å². The average molecular weight is 264 g/mol. The number of nitro groups is 1. The first-order chi connectivity index (χ1) is 6.15. The molecule has 70 valence electrons. The second-order valence-electron chi connectivity index (χ2n) is 2.38. The SMILES string of the molecule is O=[N+]([O-])c1ccc(O)c(CPBr)c1. The van der Waals surface area contributed by atoms with Gasteiger partial charge >= 0.3 is 0 Å². The van der Waals surface area contributed by atoms with Crippen LogP contribution in [0.4, 0.5) is 5.69 Å². The Kier molecular flexibility index (Phi) is 3.63. The Morgan fingerprint density at radius 2 is 2.31 bits per heavy atom. The summed E-state index contributed by atoms with van der Waals surface area (Å²) in [7, 11) is 0.451. The van der Waals surface area contributed by atoms with E-state index < -0.39 is 4.92 Å². The Morgan fingerprint density at radius 3 is 2.85 bits per heavy atom. The van der Waals surface area contributed by atoms with Crippen molar-refractivity contribution in [2.75, 3.05) is 0 Å². The molecule has 13 heavy (non-hydrogen) atoms. The first-order valence-electron chi connectivity index (χ1n) is 3.45. The lowest BCUT2D eigenvalue weighted by Crippen LogP contribution is -1.89. The number of phenols is 1. The largest absolute Gasteiger partial charge is 0.508 e. The van der Waals surface area contributed by atoms with Crippen molar-refractivity contribution >= 4 is 28.5 Å². The smallest absolute Gasteiger partial charge is 0.269 e. The molecule has 0 amide bonds. The maximum absolute atomic E-state index is 10.4. The van der Waals surface area contributed by atoms with Crippen LogP contribution < -0.4 is 0 Å². The summed E-state index contributed by atoms with van der Waals surface area (Å²) >= 11 is 3.23. The fourth-order valence-corrected chi connectivity index (χ4v) is 2.23. The molecule has 0 spiro atoms. The molecule has 0 saturated heterocycles. The van der Waals surface area contributed by atoms with E-state index >= 15 is 0 Å². The molecular formula is C7H7BrNO3P. The lowest BCUT2D eigenvalue weighted by molar-refractivity contribution is -0.384. The van der Waals surface area contributed by atoms with Crippen molar-refractivity contribution in [3.63, 3.8) is 0 Å². The molecule has 1 aromatic carbocycles. The second-order valence-corrected chi connectivity index (χ2v) is 4.68. The van der Waals surface area contributed by atoms with Gasteiger partial charge in [-0.3, -0.25) is 10.1 Å². The number of aromatic hydroxyl groups is 1. The molecule has 0 saturated carbocycles. The summed E-state index contributed by atoms with van der Waals surface area (Å²) in [6.07, 6.45) is 0.605. The zero-order valence-corrected chi connectivity index (χ0v) is 9.11. The van der Waals surface area contributed by atoms with E-state index in [0.29, 0.717) is 19.0 Å². The highest BCUT2D eigenvalue weighted by atomic mass is 79.9. The Hall–Kier alpha value is -0.670. The third-order valence-electron chi connectivity index (χ3n) is 1.53. The maximum atomic E-state index is 10.4. The van der Waals surface area contributed by atoms with Crippen LogP contribution in [0.5, 0.6) is 5.75 Å². The molecule has 6 heteroatoms. The van der Waals surface area contributed by atoms with Crippen LogP contribution >= 0.6 is 22.8 Å². The van der Waals surface area contributed by atoms with Gasteiger partial charge in [-0.2, -0.15) is 0 Å². The van der Waals surface area contributed by atoms with Gasteiger partial charge in [-0.15, -0.1) is 0 Å². The van der Waals surface area contributed by atoms with Gasteiger partial charge < -0.3 is 5.11 Å². The molecule has 0 aliphatic rings. The summed E-state index contributed by atoms with van der Waals surface area (Å²) in [4.78, 5) is 9.91. The number of hydrogen-bond acceptors (Lipinski definition) is 3. The van der Waals surface area contributed by atoms with E-state index in [1.165, 1.54) is 18.2 Å². The van der Waals surface area contributed by atoms with Crippen molar-refractivity contribution in [2.24, 2.45) is 0 Å². The Morgan fingerprint density at radius 1 is 1.62 bits per heavy atom. The predicted octanol–water partition coefficient (Wildman–Crippen LogP) is 2.79. The van der Waals surface area contributed by atoms with Crippen LogP contribution in [0.25, 0.3) is 0 Å². The number of benzene rings is 1. The molecule has 0 aliphatic carbocycles. The summed E-state index contributed by atoms with van der Waals surface area (Å²) in [5.74, 6) is 0.109. The van der Waals surface area contributed by atoms with Gasteiger partial charge in [0.25, 0.3) is 5.69 Å². The number of rotatable bonds is 3. The first kappa shape index (κ1) is 10.4. The van der Waals surface area contributed by atoms with Crippen LogP contribution in [0.15, 0.2) is 18.2 Å². The van der Waals surface area contributed by atoms with Crippen molar-refractivity contribution in [1.29, 1.82) is 0 Å². The summed E-state index contributed by atoms with van der Waals surface area (Å²) in [5.41, 5.74) is 0.614. The van der Waals surface area contributed by atoms with E-state index in [9.17, 15) is 15.2 Å². The summed E-state index contributed by atoms with van der Waals surface area (Å²) in [6.45, 7) is 0. The van der Waals surface area contributed by atoms with Crippen LogP contribution in [0.2, 0.25) is 0 Å². The molecule has 1 aromatic rings. The lowest BCUT2D eigenvalue weighted by atomic mass is 10.2. The molecule has 0 bridgehead atoms. The van der Waals surface area contributed by atoms with Crippen molar-refractivity contribution in [2.45, 2.75) is 6.16 Å². The maximum Gasteiger partial charge on any atom is 0.269 e. The molecule has 0 aliphatic heterocycles. The molecule has 0 radical (unpaired) electrons. The lowest BCUT2D eigenvalue weighted by Gasteiger charge is -2.00. The zero-order valence-electron chi connectivity index (χ0n) is 6.53. The molecule has 0 heterocycles. The average Bonchev–Trinajstić information content (AvgIpc) is 2.08. The normalized spacial score (nSPS) is 10.8. The quantitative estimate of drug-likeness (QED) is 0.518. The number of non-ortho nitro benzene ring substituents is 1. The van der Waals surface area contributed by atoms with Crippen LogP contribution in [-0.4, -0.2) is 10.0 Å². The van der Waals surface area contributed by atoms with Crippen molar-refractivity contribution < 1.29 is 10.0 Å². The van der Waals surface area contributed by atoms with E-state index in [1.54, 1.807) is 0 Å². The minimum absolute atomic E-state index is 0.0125. The first-order valence-corrected chi connectivity index (χ1v) is 6.91. The Bertz CT molecular complexity index is 332. The fraction of sp³-hybridized carbons (Fsp3) is 0.143. The number of halogens is 1. The molecule has 4 nitrogen and oxygen atoms in total. The summed E-state index contributed by atoms with van der Waals surface area (Å²) < 4.78 is 0. The van der Waals surface area contributed by atoms with Gasteiger partial charge in [0.1, 0.15) is 5.75 Å². The van der Waals surface area contributed by atoms with E-state index in [-0.39, 0.29) is 11.4 Å². The van der Waals surface area contributed by atoms with Crippen LogP contribution in [0.3, 0.4) is 0 Å². The van der Waals surface area contributed by atoms with E-state index in [2.05, 4.69) is 15.5 Å². The Labute approximate surface area is 84.6 Å². The monoisotopic (exact) mass is 263 g/mol. The van der Waals surface area contributed by atoms with E-state index in [4.69, 9.17) is 0 Å². The molecule has 1 unspecified atom stereocenters. The van der Waals surface area contributed by atoms with E-state index in [1.807, 2.05) is 0 Å². The standard InChI is InChI=1S/C7H7BrNO3P/c8-13-4-5-3-6(9(11)12)1-2-7(5)10/h1-3,10,13H,4H2. The summed E-state index contributed by atoms with van der Waals surface area (Å²) in [5, 5.41) is 19.7. The van der Waals surface area contributed by atoms with Gasteiger partial charge in [-0.25, -0.2) is 0 Å². The third kappa shape index (κ3) is 2.64. The minimum atomic E-state index is -0.472. The van der Waals surface area contributed by atoms with Gasteiger partial charge in [-0.1, -0.05) is 15.5 Å². The van der Waals surface area contributed by atoms with Crippen LogP contribution in [0, 0.1) is 10.1 Å². The van der Waals surface area contributed by atoms with Gasteiger partial charge in [-0.05, 0) is 13.3 Å². The summed E-state index contributed by atoms with van der Waals surface area (Å²) in [6, 6.07) is 4.03.